The van der Waals surface area contributed by atoms with E-state index in [1.54, 1.807) is 13.8 Å². The zero-order valence-electron chi connectivity index (χ0n) is 25.3. The SMILES string of the molecule is CC(=O)c1ccc2c(-c3cccc4cc(C(C)=O)ccc34)cccc2c1.CC(C)C(C)(C)OC(C)(C)C(C)C. The minimum atomic E-state index is -0.0340. The number of hydrogen-bond donors (Lipinski definition) is 0. The molecule has 0 radical (unpaired) electrons. The van der Waals surface area contributed by atoms with Crippen LogP contribution in [0.1, 0.15) is 90.0 Å². The van der Waals surface area contributed by atoms with Gasteiger partial charge >= 0.3 is 0 Å². The van der Waals surface area contributed by atoms with E-state index >= 15 is 0 Å². The molecule has 4 rings (SSSR count). The van der Waals surface area contributed by atoms with Gasteiger partial charge in [-0.25, -0.2) is 0 Å². The molecule has 4 aromatic rings. The minimum absolute atomic E-state index is 0.0340. The van der Waals surface area contributed by atoms with E-state index in [-0.39, 0.29) is 22.8 Å². The standard InChI is InChI=1S/C24H18O2.C12H26O/c1-15(25)17-9-11-21-19(13-17)5-3-7-23(21)24-8-4-6-20-14-18(16(2)26)10-12-22(20)24;1-9(2)11(5,6)13-12(7,8)10(3)4/h3-14H,1-2H3;9-10H,1-8H3. The first-order valence-electron chi connectivity index (χ1n) is 13.9. The van der Waals surface area contributed by atoms with E-state index in [2.05, 4.69) is 67.5 Å². The lowest BCUT2D eigenvalue weighted by atomic mass is 9.89. The molecule has 0 saturated carbocycles. The molecule has 0 aliphatic rings. The lowest BCUT2D eigenvalue weighted by Crippen LogP contribution is -2.43. The van der Waals surface area contributed by atoms with E-state index in [1.807, 2.05) is 60.7 Å². The first-order valence-corrected chi connectivity index (χ1v) is 13.9. The summed E-state index contributed by atoms with van der Waals surface area (Å²) in [7, 11) is 0. The van der Waals surface area contributed by atoms with Crippen LogP contribution < -0.4 is 0 Å². The second-order valence-corrected chi connectivity index (χ2v) is 12.2. The molecular weight excluding hydrogens is 480 g/mol. The molecule has 0 spiro atoms. The molecule has 0 aromatic heterocycles. The monoisotopic (exact) mass is 524 g/mol. The van der Waals surface area contributed by atoms with Gasteiger partial charge in [0.25, 0.3) is 0 Å². The summed E-state index contributed by atoms with van der Waals surface area (Å²) in [6, 6.07) is 24.0. The maximum Gasteiger partial charge on any atom is 0.159 e. The van der Waals surface area contributed by atoms with Crippen LogP contribution >= 0.6 is 0 Å². The summed E-state index contributed by atoms with van der Waals surface area (Å²) in [5.41, 5.74) is 3.62. The van der Waals surface area contributed by atoms with Crippen molar-refractivity contribution in [1.29, 1.82) is 0 Å². The predicted octanol–water partition coefficient (Wildman–Crippen LogP) is 9.94. The molecule has 0 fully saturated rings. The van der Waals surface area contributed by atoms with Gasteiger partial charge in [-0.1, -0.05) is 88.4 Å². The zero-order valence-corrected chi connectivity index (χ0v) is 25.3. The molecule has 4 aromatic carbocycles. The Labute approximate surface area is 234 Å². The number of carbonyl (C=O) groups excluding carboxylic acids is 2. The Morgan fingerprint density at radius 1 is 0.590 bits per heavy atom. The van der Waals surface area contributed by atoms with Crippen LogP contribution in [-0.2, 0) is 4.74 Å². The number of ether oxygens (including phenoxy) is 1. The summed E-state index contributed by atoms with van der Waals surface area (Å²) < 4.78 is 6.15. The van der Waals surface area contributed by atoms with Crippen LogP contribution in [0.2, 0.25) is 0 Å². The van der Waals surface area contributed by atoms with E-state index in [9.17, 15) is 9.59 Å². The summed E-state index contributed by atoms with van der Waals surface area (Å²) >= 11 is 0. The minimum Gasteiger partial charge on any atom is -0.369 e. The summed E-state index contributed by atoms with van der Waals surface area (Å²) in [5.74, 6) is 1.23. The fourth-order valence-electron chi connectivity index (χ4n) is 4.39. The van der Waals surface area contributed by atoms with Gasteiger partial charge in [0.15, 0.2) is 11.6 Å². The third-order valence-corrected chi connectivity index (χ3v) is 8.17. The van der Waals surface area contributed by atoms with Crippen molar-refractivity contribution in [3.05, 3.63) is 83.9 Å². The van der Waals surface area contributed by atoms with E-state index in [1.165, 1.54) is 0 Å². The lowest BCUT2D eigenvalue weighted by molar-refractivity contribution is -0.162. The van der Waals surface area contributed by atoms with E-state index in [4.69, 9.17) is 4.74 Å². The first kappa shape index (κ1) is 30.2. The van der Waals surface area contributed by atoms with Crippen molar-refractivity contribution in [1.82, 2.24) is 0 Å². The van der Waals surface area contributed by atoms with Gasteiger partial charge in [0.1, 0.15) is 0 Å². The highest BCUT2D eigenvalue weighted by Crippen LogP contribution is 2.35. The Morgan fingerprint density at radius 2 is 0.949 bits per heavy atom. The van der Waals surface area contributed by atoms with Gasteiger partial charge in [0.05, 0.1) is 11.2 Å². The maximum atomic E-state index is 11.7. The first-order chi connectivity index (χ1) is 18.1. The van der Waals surface area contributed by atoms with Crippen molar-refractivity contribution in [2.24, 2.45) is 11.8 Å². The molecule has 3 nitrogen and oxygen atoms in total. The van der Waals surface area contributed by atoms with Gasteiger partial charge in [0.2, 0.25) is 0 Å². The van der Waals surface area contributed by atoms with E-state index < -0.39 is 0 Å². The molecule has 0 atom stereocenters. The number of fused-ring (bicyclic) bond motifs is 2. The number of benzene rings is 4. The molecule has 0 aliphatic carbocycles. The Kier molecular flexibility index (Phi) is 9.18. The molecule has 0 unspecified atom stereocenters. The van der Waals surface area contributed by atoms with Crippen LogP contribution in [0, 0.1) is 11.8 Å². The normalized spacial score (nSPS) is 12.1. The quantitative estimate of drug-likeness (QED) is 0.226. The van der Waals surface area contributed by atoms with Gasteiger partial charge in [-0.2, -0.15) is 0 Å². The second-order valence-electron chi connectivity index (χ2n) is 12.2. The molecule has 0 aliphatic heterocycles. The Morgan fingerprint density at radius 3 is 1.26 bits per heavy atom. The summed E-state index contributed by atoms with van der Waals surface area (Å²) in [6.07, 6.45) is 0. The average molecular weight is 525 g/mol. The zero-order chi connectivity index (χ0) is 29.1. The highest BCUT2D eigenvalue weighted by atomic mass is 16.5. The molecule has 0 heterocycles. The molecule has 39 heavy (non-hydrogen) atoms. The molecular formula is C36H44O3. The van der Waals surface area contributed by atoms with Gasteiger partial charge in [-0.15, -0.1) is 0 Å². The fraction of sp³-hybridized carbons (Fsp3) is 0.389. The molecule has 0 N–H and O–H groups in total. The third-order valence-electron chi connectivity index (χ3n) is 8.17. The number of rotatable bonds is 7. The van der Waals surface area contributed by atoms with E-state index in [0.717, 1.165) is 43.8 Å². The van der Waals surface area contributed by atoms with Crippen LogP contribution in [0.5, 0.6) is 0 Å². The Balaban J connectivity index is 0.000000276. The van der Waals surface area contributed by atoms with Crippen LogP contribution in [0.15, 0.2) is 72.8 Å². The lowest BCUT2D eigenvalue weighted by Gasteiger charge is -2.41. The van der Waals surface area contributed by atoms with Crippen molar-refractivity contribution in [3.8, 4) is 11.1 Å². The number of carbonyl (C=O) groups is 2. The van der Waals surface area contributed by atoms with Crippen molar-refractivity contribution in [3.63, 3.8) is 0 Å². The number of Topliss-reactive ketones (excluding diaryl/α,β-unsaturated/α-hetero) is 2. The molecule has 206 valence electrons. The van der Waals surface area contributed by atoms with Gasteiger partial charge < -0.3 is 4.74 Å². The number of ketones is 2. The van der Waals surface area contributed by atoms with Crippen molar-refractivity contribution < 1.29 is 14.3 Å². The van der Waals surface area contributed by atoms with Gasteiger partial charge in [0, 0.05) is 11.1 Å². The maximum absolute atomic E-state index is 11.7. The highest BCUT2D eigenvalue weighted by Gasteiger charge is 2.33. The van der Waals surface area contributed by atoms with Crippen LogP contribution in [0.25, 0.3) is 32.7 Å². The largest absolute Gasteiger partial charge is 0.369 e. The summed E-state index contributed by atoms with van der Waals surface area (Å²) in [4.78, 5) is 23.4. The third kappa shape index (κ3) is 7.02. The van der Waals surface area contributed by atoms with Crippen molar-refractivity contribution in [2.45, 2.75) is 80.4 Å². The Hall–Kier alpha value is -3.30. The smallest absolute Gasteiger partial charge is 0.159 e. The van der Waals surface area contributed by atoms with Crippen LogP contribution in [0.3, 0.4) is 0 Å². The molecule has 0 saturated heterocycles. The second kappa shape index (κ2) is 11.8. The molecule has 0 amide bonds. The molecule has 3 heteroatoms. The van der Waals surface area contributed by atoms with Crippen LogP contribution in [-0.4, -0.2) is 22.8 Å². The van der Waals surface area contributed by atoms with Crippen LogP contribution in [0.4, 0.5) is 0 Å². The topological polar surface area (TPSA) is 43.4 Å². The number of hydrogen-bond acceptors (Lipinski definition) is 3. The summed E-state index contributed by atoms with van der Waals surface area (Å²) in [6.45, 7) is 20.7. The van der Waals surface area contributed by atoms with Gasteiger partial charge in [-0.3, -0.25) is 9.59 Å². The van der Waals surface area contributed by atoms with E-state index in [0.29, 0.717) is 11.8 Å². The molecule has 0 bridgehead atoms. The highest BCUT2D eigenvalue weighted by molar-refractivity contribution is 6.08. The summed E-state index contributed by atoms with van der Waals surface area (Å²) in [5, 5.41) is 4.32. The predicted molar refractivity (Wildman–Crippen MR) is 166 cm³/mol. The van der Waals surface area contributed by atoms with Gasteiger partial charge in [-0.05, 0) is 98.2 Å². The van der Waals surface area contributed by atoms with Crippen molar-refractivity contribution in [2.75, 3.05) is 0 Å². The fourth-order valence-corrected chi connectivity index (χ4v) is 4.39. The van der Waals surface area contributed by atoms with Crippen molar-refractivity contribution >= 4 is 33.1 Å². The Bertz CT molecular complexity index is 1370. The average Bonchev–Trinajstić information content (AvgIpc) is 2.86.